The van der Waals surface area contributed by atoms with E-state index in [1.807, 2.05) is 0 Å². The lowest BCUT2D eigenvalue weighted by Crippen LogP contribution is -2.30. The number of hydrogen-bond acceptors (Lipinski definition) is 6. The first-order chi connectivity index (χ1) is 39.7. The van der Waals surface area contributed by atoms with Crippen LogP contribution in [0.5, 0.6) is 0 Å². The highest BCUT2D eigenvalue weighted by Gasteiger charge is 2.20. The lowest BCUT2D eigenvalue weighted by Gasteiger charge is -2.18. The normalized spacial score (nSPS) is 12.8. The Kier molecular flexibility index (Phi) is 64.6. The van der Waals surface area contributed by atoms with Crippen molar-refractivity contribution in [2.24, 2.45) is 17.8 Å². The van der Waals surface area contributed by atoms with Crippen LogP contribution in [0.4, 0.5) is 0 Å². The Morgan fingerprint density at radius 3 is 0.642 bits per heavy atom. The van der Waals surface area contributed by atoms with E-state index < -0.39 is 6.10 Å². The Balaban J connectivity index is 4.28. The van der Waals surface area contributed by atoms with Crippen LogP contribution >= 0.6 is 0 Å². The van der Waals surface area contributed by atoms with Gasteiger partial charge in [-0.15, -0.1) is 0 Å². The van der Waals surface area contributed by atoms with Crippen LogP contribution in [0.2, 0.25) is 0 Å². The van der Waals surface area contributed by atoms with Crippen molar-refractivity contribution in [3.05, 3.63) is 0 Å². The third kappa shape index (κ3) is 65.8. The molecule has 0 N–H and O–H groups in total. The number of esters is 3. The highest BCUT2D eigenvalue weighted by Crippen LogP contribution is 2.21. The summed E-state index contributed by atoms with van der Waals surface area (Å²) in [6.07, 6.45) is 75.4. The van der Waals surface area contributed by atoms with E-state index in [1.165, 1.54) is 308 Å². The molecular weight excluding hydrogens is 997 g/mol. The number of carbonyl (C=O) groups excluding carboxylic acids is 3. The molecule has 482 valence electrons. The molecule has 0 heterocycles. The van der Waals surface area contributed by atoms with E-state index in [0.717, 1.165) is 75.5 Å². The fourth-order valence-electron chi connectivity index (χ4n) is 11.8. The van der Waals surface area contributed by atoms with Crippen LogP contribution < -0.4 is 0 Å². The van der Waals surface area contributed by atoms with Crippen LogP contribution in [0.1, 0.15) is 427 Å². The molecule has 6 nitrogen and oxygen atoms in total. The maximum atomic E-state index is 13.0. The first-order valence-electron chi connectivity index (χ1n) is 37.2. The molecule has 0 saturated heterocycles. The summed E-state index contributed by atoms with van der Waals surface area (Å²) in [5.41, 5.74) is 0. The Morgan fingerprint density at radius 2 is 0.432 bits per heavy atom. The summed E-state index contributed by atoms with van der Waals surface area (Å²) < 4.78 is 17.1. The van der Waals surface area contributed by atoms with Crippen molar-refractivity contribution in [3.63, 3.8) is 0 Å². The number of hydrogen-bond donors (Lipinski definition) is 0. The van der Waals surface area contributed by atoms with Crippen molar-refractivity contribution in [1.29, 1.82) is 0 Å². The minimum atomic E-state index is -0.766. The summed E-state index contributed by atoms with van der Waals surface area (Å²) in [5, 5.41) is 0. The monoisotopic (exact) mass is 1140 g/mol. The molecule has 2 unspecified atom stereocenters. The van der Waals surface area contributed by atoms with Crippen molar-refractivity contribution in [3.8, 4) is 0 Å². The highest BCUT2D eigenvalue weighted by atomic mass is 16.6. The van der Waals surface area contributed by atoms with Gasteiger partial charge in [-0.2, -0.15) is 0 Å². The van der Waals surface area contributed by atoms with Crippen LogP contribution in [0.25, 0.3) is 0 Å². The second-order valence-corrected chi connectivity index (χ2v) is 26.9. The molecule has 0 bridgehead atoms. The van der Waals surface area contributed by atoms with Crippen molar-refractivity contribution < 1.29 is 28.6 Å². The minimum absolute atomic E-state index is 0.0614. The average molecular weight is 1140 g/mol. The van der Waals surface area contributed by atoms with Gasteiger partial charge in [-0.25, -0.2) is 0 Å². The van der Waals surface area contributed by atoms with Gasteiger partial charge in [0, 0.05) is 19.3 Å². The van der Waals surface area contributed by atoms with Gasteiger partial charge in [-0.3, -0.25) is 14.4 Å². The Labute approximate surface area is 508 Å². The van der Waals surface area contributed by atoms with Crippen LogP contribution in [0.15, 0.2) is 0 Å². The molecule has 0 rings (SSSR count). The molecule has 0 aromatic carbocycles. The van der Waals surface area contributed by atoms with Crippen LogP contribution in [0.3, 0.4) is 0 Å². The van der Waals surface area contributed by atoms with Gasteiger partial charge in [0.2, 0.25) is 0 Å². The summed E-state index contributed by atoms with van der Waals surface area (Å²) in [6.45, 7) is 13.9. The van der Waals surface area contributed by atoms with E-state index in [0.29, 0.717) is 19.3 Å². The van der Waals surface area contributed by atoms with Crippen LogP contribution in [-0.4, -0.2) is 37.2 Å². The third-order valence-corrected chi connectivity index (χ3v) is 18.1. The molecule has 3 atom stereocenters. The predicted octanol–water partition coefficient (Wildman–Crippen LogP) is 25.4. The number of carbonyl (C=O) groups is 3. The molecule has 0 radical (unpaired) electrons. The van der Waals surface area contributed by atoms with Crippen LogP contribution in [-0.2, 0) is 28.6 Å². The maximum Gasteiger partial charge on any atom is 0.306 e. The molecule has 6 heteroatoms. The fourth-order valence-corrected chi connectivity index (χ4v) is 11.8. The summed E-state index contributed by atoms with van der Waals surface area (Å²) in [7, 11) is 0. The zero-order valence-electron chi connectivity index (χ0n) is 56.1. The zero-order chi connectivity index (χ0) is 59.0. The molecule has 81 heavy (non-hydrogen) atoms. The minimum Gasteiger partial charge on any atom is -0.462 e. The average Bonchev–Trinajstić information content (AvgIpc) is 3.46. The van der Waals surface area contributed by atoms with Gasteiger partial charge in [0.1, 0.15) is 13.2 Å². The molecular formula is C75H146O6. The molecule has 0 saturated carbocycles. The van der Waals surface area contributed by atoms with E-state index in [-0.39, 0.29) is 31.1 Å². The molecule has 0 spiro atoms. The first-order valence-corrected chi connectivity index (χ1v) is 37.2. The van der Waals surface area contributed by atoms with Gasteiger partial charge in [0.15, 0.2) is 6.10 Å². The number of unbranched alkanes of at least 4 members (excludes halogenated alkanes) is 49. The molecule has 0 fully saturated rings. The van der Waals surface area contributed by atoms with Gasteiger partial charge in [0.05, 0.1) is 0 Å². The van der Waals surface area contributed by atoms with E-state index in [1.54, 1.807) is 0 Å². The standard InChI is InChI=1S/C75H146O6/c1-7-70(5)62-56-50-44-38-32-26-20-13-9-11-15-22-28-34-40-46-52-58-64-73(76)79-67-72(68-80-74(77)65-59-53-47-41-35-29-23-18-17-19-25-31-37-43-49-55-61-69(3)4)81-75(78)66-60-54-48-42-36-30-24-16-12-10-14-21-27-33-39-45-51-57-63-71(6)8-2/h69-72H,7-68H2,1-6H3/t70?,71?,72-/m0/s1. The highest BCUT2D eigenvalue weighted by molar-refractivity contribution is 5.71. The van der Waals surface area contributed by atoms with Crippen molar-refractivity contribution in [2.45, 2.75) is 433 Å². The van der Waals surface area contributed by atoms with E-state index in [9.17, 15) is 14.4 Å². The van der Waals surface area contributed by atoms with E-state index in [2.05, 4.69) is 41.5 Å². The molecule has 0 aliphatic carbocycles. The Bertz CT molecular complexity index is 1270. The van der Waals surface area contributed by atoms with Gasteiger partial charge in [-0.1, -0.05) is 388 Å². The molecule has 0 amide bonds. The lowest BCUT2D eigenvalue weighted by molar-refractivity contribution is -0.167. The summed E-state index contributed by atoms with van der Waals surface area (Å²) in [6, 6.07) is 0. The van der Waals surface area contributed by atoms with Crippen LogP contribution in [0, 0.1) is 17.8 Å². The number of rotatable bonds is 68. The largest absolute Gasteiger partial charge is 0.462 e. The summed E-state index contributed by atoms with van der Waals surface area (Å²) in [5.74, 6) is 1.85. The number of ether oxygens (including phenoxy) is 3. The second-order valence-electron chi connectivity index (χ2n) is 26.9. The predicted molar refractivity (Wildman–Crippen MR) is 353 cm³/mol. The Morgan fingerprint density at radius 1 is 0.247 bits per heavy atom. The Hall–Kier alpha value is -1.59. The third-order valence-electron chi connectivity index (χ3n) is 18.1. The fraction of sp³-hybridized carbons (Fsp3) is 0.960. The molecule has 0 aliphatic rings. The SMILES string of the molecule is CCC(C)CCCCCCCCCCCCCCCCCCCCC(=O)OC[C@@H](COC(=O)CCCCCCCCCCCCCCCCCCC(C)C)OC(=O)CCCCCCCCCCCCCCCCCCCCC(C)CC. The van der Waals surface area contributed by atoms with Crippen molar-refractivity contribution in [1.82, 2.24) is 0 Å². The van der Waals surface area contributed by atoms with Crippen molar-refractivity contribution >= 4 is 17.9 Å². The zero-order valence-corrected chi connectivity index (χ0v) is 56.1. The van der Waals surface area contributed by atoms with Crippen molar-refractivity contribution in [2.75, 3.05) is 13.2 Å². The molecule has 0 aliphatic heterocycles. The summed E-state index contributed by atoms with van der Waals surface area (Å²) in [4.78, 5) is 38.6. The molecule has 0 aromatic heterocycles. The quantitative estimate of drug-likeness (QED) is 0.0343. The lowest BCUT2D eigenvalue weighted by atomic mass is 9.99. The van der Waals surface area contributed by atoms with E-state index in [4.69, 9.17) is 14.2 Å². The second kappa shape index (κ2) is 65.9. The van der Waals surface area contributed by atoms with Gasteiger partial charge < -0.3 is 14.2 Å². The van der Waals surface area contributed by atoms with Gasteiger partial charge >= 0.3 is 17.9 Å². The first kappa shape index (κ1) is 79.4. The van der Waals surface area contributed by atoms with E-state index >= 15 is 0 Å². The van der Waals surface area contributed by atoms with Gasteiger partial charge in [-0.05, 0) is 37.0 Å². The van der Waals surface area contributed by atoms with Gasteiger partial charge in [0.25, 0.3) is 0 Å². The summed E-state index contributed by atoms with van der Waals surface area (Å²) >= 11 is 0. The smallest absolute Gasteiger partial charge is 0.306 e. The topological polar surface area (TPSA) is 78.9 Å². The molecule has 0 aromatic rings. The maximum absolute atomic E-state index is 13.0.